The van der Waals surface area contributed by atoms with Crippen molar-refractivity contribution in [3.8, 4) is 0 Å². The monoisotopic (exact) mass is 260 g/mol. The molecule has 106 valence electrons. The van der Waals surface area contributed by atoms with Crippen LogP contribution in [0.3, 0.4) is 0 Å². The van der Waals surface area contributed by atoms with Gasteiger partial charge in [-0.2, -0.15) is 0 Å². The van der Waals surface area contributed by atoms with Crippen molar-refractivity contribution < 1.29 is 8.78 Å². The van der Waals surface area contributed by atoms with Crippen LogP contribution in [0.4, 0.5) is 8.78 Å². The molecule has 0 spiro atoms. The predicted molar refractivity (Wildman–Crippen MR) is 70.0 cm³/mol. The van der Waals surface area contributed by atoms with E-state index in [1.54, 1.807) is 0 Å². The van der Waals surface area contributed by atoms with Gasteiger partial charge in [0.15, 0.2) is 0 Å². The van der Waals surface area contributed by atoms with Gasteiger partial charge < -0.3 is 10.2 Å². The van der Waals surface area contributed by atoms with Crippen LogP contribution in [0.2, 0.25) is 0 Å². The van der Waals surface area contributed by atoms with Gasteiger partial charge in [0, 0.05) is 32.0 Å². The van der Waals surface area contributed by atoms with Crippen LogP contribution >= 0.6 is 0 Å². The second kappa shape index (κ2) is 6.29. The smallest absolute Gasteiger partial charge is 0.248 e. The van der Waals surface area contributed by atoms with Gasteiger partial charge in [0.25, 0.3) is 0 Å². The Morgan fingerprint density at radius 1 is 1.28 bits per heavy atom. The molecule has 2 rings (SSSR count). The zero-order chi connectivity index (χ0) is 13.0. The highest BCUT2D eigenvalue weighted by Crippen LogP contribution is 2.39. The minimum absolute atomic E-state index is 0.0965. The first-order chi connectivity index (χ1) is 8.59. The van der Waals surface area contributed by atoms with E-state index >= 15 is 0 Å². The van der Waals surface area contributed by atoms with Gasteiger partial charge >= 0.3 is 0 Å². The minimum atomic E-state index is -2.39. The van der Waals surface area contributed by atoms with Gasteiger partial charge in [-0.1, -0.05) is 6.92 Å². The standard InChI is InChI=1S/C14H26F2N2/c1-2-8-18(11-13-4-3-7-17-13)10-12-5-6-14(15,16)9-12/h12-13,17H,2-11H2,1H3. The van der Waals surface area contributed by atoms with E-state index in [1.165, 1.54) is 12.8 Å². The van der Waals surface area contributed by atoms with Crippen LogP contribution in [0.1, 0.15) is 45.4 Å². The fourth-order valence-corrected chi connectivity index (χ4v) is 3.36. The molecule has 1 saturated carbocycles. The third kappa shape index (κ3) is 4.16. The topological polar surface area (TPSA) is 15.3 Å². The highest BCUT2D eigenvalue weighted by molar-refractivity contribution is 4.85. The first kappa shape index (κ1) is 14.2. The molecule has 0 radical (unpaired) electrons. The molecule has 2 nitrogen and oxygen atoms in total. The van der Waals surface area contributed by atoms with E-state index in [2.05, 4.69) is 17.1 Å². The highest BCUT2D eigenvalue weighted by Gasteiger charge is 2.39. The molecular weight excluding hydrogens is 234 g/mol. The summed E-state index contributed by atoms with van der Waals surface area (Å²) in [5.74, 6) is -2.19. The second-order valence-electron chi connectivity index (χ2n) is 6.02. The lowest BCUT2D eigenvalue weighted by Crippen LogP contribution is -2.40. The molecule has 0 bridgehead atoms. The van der Waals surface area contributed by atoms with E-state index in [0.29, 0.717) is 12.5 Å². The number of nitrogens with one attached hydrogen (secondary N) is 1. The maximum atomic E-state index is 13.2. The molecule has 1 N–H and O–H groups in total. The molecule has 2 fully saturated rings. The molecule has 0 aromatic carbocycles. The number of halogens is 2. The van der Waals surface area contributed by atoms with Crippen molar-refractivity contribution in [1.29, 1.82) is 0 Å². The summed E-state index contributed by atoms with van der Waals surface area (Å²) in [6, 6.07) is 0.582. The largest absolute Gasteiger partial charge is 0.313 e. The van der Waals surface area contributed by atoms with Crippen LogP contribution in [-0.4, -0.2) is 43.0 Å². The summed E-state index contributed by atoms with van der Waals surface area (Å²) in [5, 5.41) is 3.50. The van der Waals surface area contributed by atoms with Gasteiger partial charge in [0.2, 0.25) is 5.92 Å². The highest BCUT2D eigenvalue weighted by atomic mass is 19.3. The lowest BCUT2D eigenvalue weighted by molar-refractivity contribution is 0.00334. The van der Waals surface area contributed by atoms with Crippen molar-refractivity contribution in [2.75, 3.05) is 26.2 Å². The fraction of sp³-hybridized carbons (Fsp3) is 1.00. The first-order valence-corrected chi connectivity index (χ1v) is 7.42. The molecule has 18 heavy (non-hydrogen) atoms. The van der Waals surface area contributed by atoms with E-state index < -0.39 is 5.92 Å². The predicted octanol–water partition coefficient (Wildman–Crippen LogP) is 2.89. The van der Waals surface area contributed by atoms with E-state index in [1.807, 2.05) is 0 Å². The van der Waals surface area contributed by atoms with Crippen LogP contribution in [0.5, 0.6) is 0 Å². The Morgan fingerprint density at radius 3 is 2.67 bits per heavy atom. The Bertz CT molecular complexity index is 252. The third-order valence-corrected chi connectivity index (χ3v) is 4.20. The first-order valence-electron chi connectivity index (χ1n) is 7.42. The number of rotatable bonds is 6. The van der Waals surface area contributed by atoms with E-state index in [0.717, 1.165) is 32.6 Å². The average molecular weight is 260 g/mol. The number of hydrogen-bond donors (Lipinski definition) is 1. The maximum absolute atomic E-state index is 13.2. The molecule has 1 heterocycles. The molecule has 2 aliphatic rings. The van der Waals surface area contributed by atoms with Gasteiger partial charge in [0.1, 0.15) is 0 Å². The van der Waals surface area contributed by atoms with Crippen molar-refractivity contribution >= 4 is 0 Å². The molecule has 0 aromatic heterocycles. The van der Waals surface area contributed by atoms with Gasteiger partial charge in [0.05, 0.1) is 0 Å². The van der Waals surface area contributed by atoms with Crippen molar-refractivity contribution in [3.05, 3.63) is 0 Å². The Labute approximate surface area is 109 Å². The zero-order valence-corrected chi connectivity index (χ0v) is 11.4. The van der Waals surface area contributed by atoms with Crippen molar-refractivity contribution in [1.82, 2.24) is 10.2 Å². The van der Waals surface area contributed by atoms with Crippen molar-refractivity contribution in [2.45, 2.75) is 57.4 Å². The summed E-state index contributed by atoms with van der Waals surface area (Å²) in [4.78, 5) is 2.40. The fourth-order valence-electron chi connectivity index (χ4n) is 3.36. The normalized spacial score (nSPS) is 31.3. The Balaban J connectivity index is 1.78. The molecule has 1 saturated heterocycles. The molecule has 2 atom stereocenters. The Morgan fingerprint density at radius 2 is 2.11 bits per heavy atom. The van der Waals surface area contributed by atoms with Crippen LogP contribution in [0.15, 0.2) is 0 Å². The van der Waals surface area contributed by atoms with Crippen LogP contribution in [0.25, 0.3) is 0 Å². The Hall–Kier alpha value is -0.220. The number of hydrogen-bond acceptors (Lipinski definition) is 2. The lowest BCUT2D eigenvalue weighted by atomic mass is 10.1. The van der Waals surface area contributed by atoms with Crippen LogP contribution in [-0.2, 0) is 0 Å². The maximum Gasteiger partial charge on any atom is 0.248 e. The van der Waals surface area contributed by atoms with Gasteiger partial charge in [-0.25, -0.2) is 8.78 Å². The van der Waals surface area contributed by atoms with Crippen molar-refractivity contribution in [2.24, 2.45) is 5.92 Å². The Kier molecular flexibility index (Phi) is 4.96. The summed E-state index contributed by atoms with van der Waals surface area (Å²) in [7, 11) is 0. The summed E-state index contributed by atoms with van der Waals surface area (Å²) in [5.41, 5.74) is 0. The van der Waals surface area contributed by atoms with Gasteiger partial charge in [-0.05, 0) is 44.7 Å². The van der Waals surface area contributed by atoms with Crippen LogP contribution in [0, 0.1) is 5.92 Å². The molecular formula is C14H26F2N2. The SMILES string of the molecule is CCCN(CC1CCC(F)(F)C1)CC1CCCN1. The van der Waals surface area contributed by atoms with E-state index in [-0.39, 0.29) is 18.8 Å². The second-order valence-corrected chi connectivity index (χ2v) is 6.02. The molecule has 0 amide bonds. The molecule has 4 heteroatoms. The molecule has 0 aromatic rings. The number of alkyl halides is 2. The zero-order valence-electron chi connectivity index (χ0n) is 11.4. The van der Waals surface area contributed by atoms with Crippen LogP contribution < -0.4 is 5.32 Å². The molecule has 1 aliphatic heterocycles. The summed E-state index contributed by atoms with van der Waals surface area (Å²) in [6.45, 7) is 6.22. The summed E-state index contributed by atoms with van der Waals surface area (Å²) in [6.07, 6.45) is 4.50. The summed E-state index contributed by atoms with van der Waals surface area (Å²) >= 11 is 0. The molecule has 2 unspecified atom stereocenters. The third-order valence-electron chi connectivity index (χ3n) is 4.20. The lowest BCUT2D eigenvalue weighted by Gasteiger charge is -2.27. The van der Waals surface area contributed by atoms with Crippen molar-refractivity contribution in [3.63, 3.8) is 0 Å². The van der Waals surface area contributed by atoms with Gasteiger partial charge in [-0.3, -0.25) is 0 Å². The average Bonchev–Trinajstić information content (AvgIpc) is 2.89. The van der Waals surface area contributed by atoms with Gasteiger partial charge in [-0.15, -0.1) is 0 Å². The number of nitrogens with zero attached hydrogens (tertiary/aromatic N) is 1. The quantitative estimate of drug-likeness (QED) is 0.790. The summed E-state index contributed by atoms with van der Waals surface area (Å²) < 4.78 is 26.4. The van der Waals surface area contributed by atoms with E-state index in [9.17, 15) is 8.78 Å². The van der Waals surface area contributed by atoms with E-state index in [4.69, 9.17) is 0 Å². The molecule has 1 aliphatic carbocycles. The minimum Gasteiger partial charge on any atom is -0.313 e.